The molecule has 0 fully saturated rings. The summed E-state index contributed by atoms with van der Waals surface area (Å²) in [5.74, 6) is 3.73. The SMILES string of the molecule is C#CCOc1ccc2c(c1)c(-c1ccc(C(C)C)cc1)nc(=O)n2Cc1cnc(N)nc1N. The number of fused-ring (bicyclic) bond motifs is 1. The fourth-order valence-corrected chi connectivity index (χ4v) is 3.60. The first kappa shape index (κ1) is 21.8. The fraction of sp³-hybridized carbons (Fsp3) is 0.200. The molecular formula is C25H24N6O2. The normalized spacial score (nSPS) is 11.0. The molecule has 0 aliphatic carbocycles. The van der Waals surface area contributed by atoms with Crippen molar-refractivity contribution in [3.05, 3.63) is 70.3 Å². The summed E-state index contributed by atoms with van der Waals surface area (Å²) in [7, 11) is 0. The molecule has 0 atom stereocenters. The molecular weight excluding hydrogens is 416 g/mol. The highest BCUT2D eigenvalue weighted by Crippen LogP contribution is 2.30. The number of hydrogen-bond acceptors (Lipinski definition) is 7. The lowest BCUT2D eigenvalue weighted by molar-refractivity contribution is 0.371. The Morgan fingerprint density at radius 3 is 2.55 bits per heavy atom. The van der Waals surface area contributed by atoms with Crippen LogP contribution >= 0.6 is 0 Å². The van der Waals surface area contributed by atoms with Crippen molar-refractivity contribution in [3.63, 3.8) is 0 Å². The van der Waals surface area contributed by atoms with Crippen LogP contribution < -0.4 is 21.9 Å². The molecule has 0 bridgehead atoms. The summed E-state index contributed by atoms with van der Waals surface area (Å²) in [6.07, 6.45) is 6.85. The maximum Gasteiger partial charge on any atom is 0.348 e. The highest BCUT2D eigenvalue weighted by Gasteiger charge is 2.15. The van der Waals surface area contributed by atoms with E-state index in [9.17, 15) is 4.79 Å². The minimum Gasteiger partial charge on any atom is -0.481 e. The van der Waals surface area contributed by atoms with Crippen LogP contribution in [-0.4, -0.2) is 26.1 Å². The predicted octanol–water partition coefficient (Wildman–Crippen LogP) is 3.20. The Balaban J connectivity index is 1.90. The number of terminal acetylenes is 1. The van der Waals surface area contributed by atoms with E-state index in [1.807, 2.05) is 36.4 Å². The van der Waals surface area contributed by atoms with Crippen molar-refractivity contribution >= 4 is 22.7 Å². The highest BCUT2D eigenvalue weighted by atomic mass is 16.5. The Hall–Kier alpha value is -4.38. The van der Waals surface area contributed by atoms with Gasteiger partial charge in [0, 0.05) is 22.7 Å². The van der Waals surface area contributed by atoms with E-state index in [-0.39, 0.29) is 24.9 Å². The summed E-state index contributed by atoms with van der Waals surface area (Å²) < 4.78 is 7.15. The van der Waals surface area contributed by atoms with Crippen molar-refractivity contribution in [2.24, 2.45) is 0 Å². The van der Waals surface area contributed by atoms with Crippen molar-refractivity contribution in [1.82, 2.24) is 19.5 Å². The Kier molecular flexibility index (Phi) is 5.96. The van der Waals surface area contributed by atoms with Crippen LogP contribution in [0.5, 0.6) is 5.75 Å². The van der Waals surface area contributed by atoms with Crippen LogP contribution in [-0.2, 0) is 6.54 Å². The van der Waals surface area contributed by atoms with Gasteiger partial charge < -0.3 is 16.2 Å². The number of nitrogens with zero attached hydrogens (tertiary/aromatic N) is 4. The molecule has 2 aromatic carbocycles. The minimum atomic E-state index is -0.418. The molecule has 2 aromatic heterocycles. The third-order valence-corrected chi connectivity index (χ3v) is 5.37. The Morgan fingerprint density at radius 2 is 1.88 bits per heavy atom. The fourth-order valence-electron chi connectivity index (χ4n) is 3.60. The largest absolute Gasteiger partial charge is 0.481 e. The average Bonchev–Trinajstić information content (AvgIpc) is 2.80. The second-order valence-electron chi connectivity index (χ2n) is 7.92. The van der Waals surface area contributed by atoms with E-state index in [0.717, 1.165) is 10.9 Å². The Morgan fingerprint density at radius 1 is 1.12 bits per heavy atom. The van der Waals surface area contributed by atoms with Crippen LogP contribution in [0.25, 0.3) is 22.2 Å². The molecule has 8 nitrogen and oxygen atoms in total. The summed E-state index contributed by atoms with van der Waals surface area (Å²) >= 11 is 0. The quantitative estimate of drug-likeness (QED) is 0.442. The number of aromatic nitrogens is 4. The van der Waals surface area contributed by atoms with E-state index in [0.29, 0.717) is 28.4 Å². The van der Waals surface area contributed by atoms with Crippen molar-refractivity contribution < 1.29 is 4.74 Å². The third-order valence-electron chi connectivity index (χ3n) is 5.37. The minimum absolute atomic E-state index is 0.0714. The van der Waals surface area contributed by atoms with Crippen LogP contribution in [0.3, 0.4) is 0 Å². The van der Waals surface area contributed by atoms with Gasteiger partial charge in [0.25, 0.3) is 0 Å². The second-order valence-corrected chi connectivity index (χ2v) is 7.92. The van der Waals surface area contributed by atoms with Gasteiger partial charge in [0.15, 0.2) is 0 Å². The predicted molar refractivity (Wildman–Crippen MR) is 130 cm³/mol. The molecule has 0 saturated heterocycles. The number of nitrogens with two attached hydrogens (primary N) is 2. The summed E-state index contributed by atoms with van der Waals surface area (Å²) in [6.45, 7) is 4.54. The number of rotatable bonds is 6. The molecule has 4 aromatic rings. The molecule has 0 spiro atoms. The van der Waals surface area contributed by atoms with Crippen LogP contribution in [0.1, 0.15) is 30.9 Å². The lowest BCUT2D eigenvalue weighted by Crippen LogP contribution is -2.25. The third kappa shape index (κ3) is 4.48. The van der Waals surface area contributed by atoms with Crippen molar-refractivity contribution in [1.29, 1.82) is 0 Å². The molecule has 2 heterocycles. The van der Waals surface area contributed by atoms with Gasteiger partial charge in [-0.15, -0.1) is 6.42 Å². The molecule has 4 rings (SSSR count). The first-order valence-electron chi connectivity index (χ1n) is 10.5. The first-order chi connectivity index (χ1) is 15.9. The number of hydrogen-bond donors (Lipinski definition) is 2. The molecule has 0 unspecified atom stereocenters. The standard InChI is InChI=1S/C25H24N6O2/c1-4-11-33-19-9-10-21-20(12-19)22(17-7-5-16(6-8-17)15(2)3)29-25(32)31(21)14-18-13-28-24(27)30-23(18)26/h1,5-10,12-13,15H,11,14H2,2-3H3,(H4,26,27,28,30). The van der Waals surface area contributed by atoms with Crippen LogP contribution in [0.15, 0.2) is 53.5 Å². The Bertz CT molecular complexity index is 1420. The zero-order valence-electron chi connectivity index (χ0n) is 18.4. The van der Waals surface area contributed by atoms with Crippen LogP contribution in [0.4, 0.5) is 11.8 Å². The van der Waals surface area contributed by atoms with Gasteiger partial charge >= 0.3 is 5.69 Å². The summed E-state index contributed by atoms with van der Waals surface area (Å²) in [4.78, 5) is 25.5. The lowest BCUT2D eigenvalue weighted by atomic mass is 9.99. The lowest BCUT2D eigenvalue weighted by Gasteiger charge is -2.15. The zero-order valence-corrected chi connectivity index (χ0v) is 18.4. The van der Waals surface area contributed by atoms with E-state index in [4.69, 9.17) is 22.6 Å². The second kappa shape index (κ2) is 9.01. The maximum atomic E-state index is 13.1. The molecule has 0 saturated carbocycles. The van der Waals surface area contributed by atoms with E-state index < -0.39 is 5.69 Å². The van der Waals surface area contributed by atoms with Gasteiger partial charge in [-0.25, -0.2) is 9.78 Å². The van der Waals surface area contributed by atoms with Gasteiger partial charge in [0.1, 0.15) is 18.2 Å². The van der Waals surface area contributed by atoms with Gasteiger partial charge in [0.05, 0.1) is 17.8 Å². The smallest absolute Gasteiger partial charge is 0.348 e. The topological polar surface area (TPSA) is 122 Å². The van der Waals surface area contributed by atoms with Crippen LogP contribution in [0.2, 0.25) is 0 Å². The zero-order chi connectivity index (χ0) is 23.5. The summed E-state index contributed by atoms with van der Waals surface area (Å²) in [5.41, 5.74) is 15.0. The van der Waals surface area contributed by atoms with E-state index in [1.165, 1.54) is 16.3 Å². The first-order valence-corrected chi connectivity index (χ1v) is 10.5. The van der Waals surface area contributed by atoms with E-state index in [1.54, 1.807) is 6.07 Å². The van der Waals surface area contributed by atoms with Crippen molar-refractivity contribution in [2.45, 2.75) is 26.3 Å². The van der Waals surface area contributed by atoms with Gasteiger partial charge in [0.2, 0.25) is 5.95 Å². The molecule has 8 heteroatoms. The molecule has 166 valence electrons. The number of ether oxygens (including phenoxy) is 1. The monoisotopic (exact) mass is 440 g/mol. The van der Waals surface area contributed by atoms with Crippen molar-refractivity contribution in [3.8, 4) is 29.4 Å². The number of nitrogen functional groups attached to an aromatic ring is 2. The molecule has 0 radical (unpaired) electrons. The molecule has 33 heavy (non-hydrogen) atoms. The summed E-state index contributed by atoms with van der Waals surface area (Å²) in [6, 6.07) is 13.5. The molecule has 0 aliphatic rings. The van der Waals surface area contributed by atoms with Crippen molar-refractivity contribution in [2.75, 3.05) is 18.1 Å². The van der Waals surface area contributed by atoms with Gasteiger partial charge in [-0.1, -0.05) is 44.0 Å². The van der Waals surface area contributed by atoms with Crippen LogP contribution in [0, 0.1) is 12.3 Å². The summed E-state index contributed by atoms with van der Waals surface area (Å²) in [5, 5.41) is 0.747. The maximum absolute atomic E-state index is 13.1. The molecule has 0 aliphatic heterocycles. The van der Waals surface area contributed by atoms with Gasteiger partial charge in [-0.2, -0.15) is 9.97 Å². The highest BCUT2D eigenvalue weighted by molar-refractivity contribution is 5.93. The molecule has 4 N–H and O–H groups in total. The number of anilines is 2. The molecule has 0 amide bonds. The average molecular weight is 441 g/mol. The number of benzene rings is 2. The Labute approximate surface area is 191 Å². The van der Waals surface area contributed by atoms with E-state index >= 15 is 0 Å². The van der Waals surface area contributed by atoms with Gasteiger partial charge in [-0.05, 0) is 29.7 Å². The van der Waals surface area contributed by atoms with E-state index in [2.05, 4.69) is 34.7 Å². The van der Waals surface area contributed by atoms with Gasteiger partial charge in [-0.3, -0.25) is 4.57 Å².